The van der Waals surface area contributed by atoms with Gasteiger partial charge in [-0.2, -0.15) is 0 Å². The number of hydrogen-bond donors (Lipinski definition) is 0. The van der Waals surface area contributed by atoms with Crippen molar-refractivity contribution in [2.75, 3.05) is 6.61 Å². The molecule has 0 aromatic heterocycles. The molecule has 0 aromatic rings. The smallest absolute Gasteiger partial charge is 0.202 e. The van der Waals surface area contributed by atoms with Crippen LogP contribution in [0.4, 0.5) is 0 Å². The zero-order valence-corrected chi connectivity index (χ0v) is 17.3. The van der Waals surface area contributed by atoms with Crippen molar-refractivity contribution in [2.24, 2.45) is 0 Å². The van der Waals surface area contributed by atoms with E-state index < -0.39 is 24.8 Å². The van der Waals surface area contributed by atoms with E-state index in [1.807, 2.05) is 0 Å². The van der Waals surface area contributed by atoms with Gasteiger partial charge in [0.15, 0.2) is 0 Å². The van der Waals surface area contributed by atoms with Gasteiger partial charge in [0.1, 0.15) is 16.5 Å². The molecule has 18 heavy (non-hydrogen) atoms. The van der Waals surface area contributed by atoms with Crippen LogP contribution in [0.15, 0.2) is 0 Å². The van der Waals surface area contributed by atoms with Gasteiger partial charge >= 0.3 is 0 Å². The highest BCUT2D eigenvalue weighted by atomic mass is 28.4. The first kappa shape index (κ1) is 18.6. The van der Waals surface area contributed by atoms with Gasteiger partial charge in [0.2, 0.25) is 8.32 Å². The third kappa shape index (κ3) is 4.92. The molecular weight excluding hydrogens is 270 g/mol. The SMILES string of the molecule is CCO[Si](C)(C)C(CC)N([Si](C)(C)C)[Si](C)(C)C. The van der Waals surface area contributed by atoms with Gasteiger partial charge in [-0.15, -0.1) is 0 Å². The van der Waals surface area contributed by atoms with Gasteiger partial charge in [-0.25, -0.2) is 0 Å². The lowest BCUT2D eigenvalue weighted by molar-refractivity contribution is 0.302. The molecule has 0 N–H and O–H groups in total. The van der Waals surface area contributed by atoms with Gasteiger partial charge in [-0.05, 0) is 26.4 Å². The van der Waals surface area contributed by atoms with Gasteiger partial charge < -0.3 is 8.66 Å². The van der Waals surface area contributed by atoms with Crippen LogP contribution < -0.4 is 0 Å². The van der Waals surface area contributed by atoms with Gasteiger partial charge in [-0.1, -0.05) is 46.2 Å². The quantitative estimate of drug-likeness (QED) is 0.641. The van der Waals surface area contributed by atoms with Crippen LogP contribution in [0, 0.1) is 0 Å². The average molecular weight is 306 g/mol. The van der Waals surface area contributed by atoms with Crippen molar-refractivity contribution in [1.29, 1.82) is 0 Å². The summed E-state index contributed by atoms with van der Waals surface area (Å²) in [6, 6.07) is 0. The fraction of sp³-hybridized carbons (Fsp3) is 1.00. The van der Waals surface area contributed by atoms with Crippen LogP contribution in [0.1, 0.15) is 20.3 Å². The molecule has 0 heterocycles. The maximum absolute atomic E-state index is 6.20. The molecule has 0 aromatic carbocycles. The summed E-state index contributed by atoms with van der Waals surface area (Å²) in [6.45, 7) is 25.1. The summed E-state index contributed by atoms with van der Waals surface area (Å²) in [5.74, 6) is 0. The maximum atomic E-state index is 6.20. The molecule has 0 aliphatic heterocycles. The molecule has 0 fully saturated rings. The van der Waals surface area contributed by atoms with E-state index in [0.29, 0.717) is 5.67 Å². The highest BCUT2D eigenvalue weighted by molar-refractivity contribution is 6.91. The molecule has 1 atom stereocenters. The first-order valence-electron chi connectivity index (χ1n) is 7.31. The van der Waals surface area contributed by atoms with E-state index in [4.69, 9.17) is 4.43 Å². The van der Waals surface area contributed by atoms with Crippen molar-refractivity contribution in [3.8, 4) is 0 Å². The van der Waals surface area contributed by atoms with Crippen LogP contribution in [0.3, 0.4) is 0 Å². The van der Waals surface area contributed by atoms with Crippen molar-refractivity contribution in [3.63, 3.8) is 0 Å². The molecule has 110 valence electrons. The van der Waals surface area contributed by atoms with Crippen LogP contribution >= 0.6 is 0 Å². The minimum Gasteiger partial charge on any atom is -0.416 e. The summed E-state index contributed by atoms with van der Waals surface area (Å²) in [7, 11) is -4.21. The summed E-state index contributed by atoms with van der Waals surface area (Å²) >= 11 is 0. The minimum absolute atomic E-state index is 0.677. The van der Waals surface area contributed by atoms with Crippen molar-refractivity contribution in [2.45, 2.75) is 78.3 Å². The fourth-order valence-electron chi connectivity index (χ4n) is 3.39. The summed E-state index contributed by atoms with van der Waals surface area (Å²) in [5.41, 5.74) is 0.677. The Labute approximate surface area is 118 Å². The molecule has 0 amide bonds. The summed E-state index contributed by atoms with van der Waals surface area (Å²) < 4.78 is 9.14. The topological polar surface area (TPSA) is 12.5 Å². The van der Waals surface area contributed by atoms with E-state index in [1.54, 1.807) is 0 Å². The summed E-state index contributed by atoms with van der Waals surface area (Å²) in [5, 5.41) is 0. The summed E-state index contributed by atoms with van der Waals surface area (Å²) in [6.07, 6.45) is 1.23. The maximum Gasteiger partial charge on any atom is 0.202 e. The van der Waals surface area contributed by atoms with Gasteiger partial charge in [-0.3, -0.25) is 0 Å². The molecule has 2 nitrogen and oxygen atoms in total. The molecule has 0 radical (unpaired) electrons. The first-order valence-corrected chi connectivity index (χ1v) is 17.2. The summed E-state index contributed by atoms with van der Waals surface area (Å²) in [4.78, 5) is 0. The second-order valence-electron chi connectivity index (χ2n) is 7.67. The number of hydrogen-bond acceptors (Lipinski definition) is 2. The lowest BCUT2D eigenvalue weighted by Gasteiger charge is -2.52. The first-order chi connectivity index (χ1) is 7.88. The Morgan fingerprint density at radius 3 is 1.44 bits per heavy atom. The van der Waals surface area contributed by atoms with Gasteiger partial charge in [0.25, 0.3) is 0 Å². The molecule has 0 saturated heterocycles. The third-order valence-corrected chi connectivity index (χ3v) is 14.8. The second-order valence-corrected chi connectivity index (χ2v) is 21.9. The minimum atomic E-state index is -1.62. The van der Waals surface area contributed by atoms with E-state index in [2.05, 4.69) is 70.5 Å². The van der Waals surface area contributed by atoms with E-state index in [-0.39, 0.29) is 0 Å². The number of rotatable bonds is 7. The predicted octanol–water partition coefficient (Wildman–Crippen LogP) is 4.52. The van der Waals surface area contributed by atoms with Crippen LogP contribution in [0.2, 0.25) is 52.4 Å². The van der Waals surface area contributed by atoms with Crippen molar-refractivity contribution >= 4 is 24.8 Å². The second kappa shape index (κ2) is 6.35. The van der Waals surface area contributed by atoms with Gasteiger partial charge in [0.05, 0.1) is 0 Å². The molecule has 0 aliphatic carbocycles. The van der Waals surface area contributed by atoms with Crippen LogP contribution in [0.5, 0.6) is 0 Å². The normalized spacial score (nSPS) is 16.2. The van der Waals surface area contributed by atoms with E-state index in [1.165, 1.54) is 6.42 Å². The Morgan fingerprint density at radius 2 is 1.22 bits per heavy atom. The third-order valence-electron chi connectivity index (χ3n) is 3.46. The Hall–Kier alpha value is 0.571. The average Bonchev–Trinajstić information content (AvgIpc) is 2.08. The van der Waals surface area contributed by atoms with Crippen molar-refractivity contribution in [1.82, 2.24) is 4.23 Å². The van der Waals surface area contributed by atoms with E-state index >= 15 is 0 Å². The predicted molar refractivity (Wildman–Crippen MR) is 91.7 cm³/mol. The lowest BCUT2D eigenvalue weighted by atomic mass is 10.5. The molecule has 0 saturated carbocycles. The van der Waals surface area contributed by atoms with Crippen molar-refractivity contribution < 1.29 is 4.43 Å². The zero-order chi connectivity index (χ0) is 14.8. The highest BCUT2D eigenvalue weighted by Crippen LogP contribution is 2.30. The van der Waals surface area contributed by atoms with E-state index in [9.17, 15) is 0 Å². The Balaban J connectivity index is 5.44. The molecular formula is C13H35NOSi3. The van der Waals surface area contributed by atoms with Crippen LogP contribution in [-0.4, -0.2) is 41.3 Å². The largest absolute Gasteiger partial charge is 0.416 e. The van der Waals surface area contributed by atoms with Crippen LogP contribution in [0.25, 0.3) is 0 Å². The van der Waals surface area contributed by atoms with Gasteiger partial charge in [0, 0.05) is 12.3 Å². The fourth-order valence-corrected chi connectivity index (χ4v) is 20.4. The number of nitrogens with zero attached hydrogens (tertiary/aromatic N) is 1. The zero-order valence-electron chi connectivity index (χ0n) is 14.3. The Morgan fingerprint density at radius 1 is 0.833 bits per heavy atom. The molecule has 0 rings (SSSR count). The molecule has 1 unspecified atom stereocenters. The highest BCUT2D eigenvalue weighted by Gasteiger charge is 2.46. The monoisotopic (exact) mass is 305 g/mol. The van der Waals surface area contributed by atoms with Crippen molar-refractivity contribution in [3.05, 3.63) is 0 Å². The lowest BCUT2D eigenvalue weighted by Crippen LogP contribution is -2.69. The van der Waals surface area contributed by atoms with E-state index in [0.717, 1.165) is 6.61 Å². The molecule has 0 bridgehead atoms. The Bertz CT molecular complexity index is 242. The Kier molecular flexibility index (Phi) is 6.55. The molecule has 5 heteroatoms. The standard InChI is InChI=1S/C13H35NOSi3/c1-11-13(18(9,10)15-12-2)14(16(3,4)5)17(6,7)8/h13H,11-12H2,1-10H3. The molecule has 0 aliphatic rings. The molecule has 0 spiro atoms. The van der Waals surface area contributed by atoms with Crippen LogP contribution in [-0.2, 0) is 4.43 Å².